The van der Waals surface area contributed by atoms with Crippen LogP contribution in [0, 0.1) is 5.92 Å². The molecule has 1 aromatic carbocycles. The Bertz CT molecular complexity index is 585. The summed E-state index contributed by atoms with van der Waals surface area (Å²) in [5.41, 5.74) is 0.947. The first-order valence-corrected chi connectivity index (χ1v) is 6.81. The van der Waals surface area contributed by atoms with Crippen molar-refractivity contribution in [3.05, 3.63) is 24.5 Å². The van der Waals surface area contributed by atoms with Crippen molar-refractivity contribution in [3.63, 3.8) is 0 Å². The third kappa shape index (κ3) is 2.35. The van der Waals surface area contributed by atoms with Crippen LogP contribution in [0.4, 0.5) is 5.82 Å². The number of anilines is 1. The Kier molecular flexibility index (Phi) is 3.23. The van der Waals surface area contributed by atoms with Gasteiger partial charge >= 0.3 is 0 Å². The third-order valence-corrected chi connectivity index (χ3v) is 3.78. The highest BCUT2D eigenvalue weighted by Gasteiger charge is 2.19. The number of aromatic nitrogens is 2. The Morgan fingerprint density at radius 3 is 3.00 bits per heavy atom. The average Bonchev–Trinajstić information content (AvgIpc) is 2.46. The summed E-state index contributed by atoms with van der Waals surface area (Å²) < 4.78 is 5.25. The van der Waals surface area contributed by atoms with Crippen molar-refractivity contribution < 1.29 is 4.74 Å². The van der Waals surface area contributed by atoms with Gasteiger partial charge in [0.05, 0.1) is 12.6 Å². The van der Waals surface area contributed by atoms with Gasteiger partial charge in [0.15, 0.2) is 0 Å². The Balaban J connectivity index is 2.03. The molecule has 1 unspecified atom stereocenters. The lowest BCUT2D eigenvalue weighted by atomic mass is 10.00. The SMILES string of the molecule is COc1ccc2c(N3CCCC(C)C3)ncnc2c1. The van der Waals surface area contributed by atoms with Gasteiger partial charge in [-0.3, -0.25) is 0 Å². The normalized spacial score (nSPS) is 19.7. The van der Waals surface area contributed by atoms with Gasteiger partial charge in [-0.1, -0.05) is 6.92 Å². The standard InChI is InChI=1S/C15H19N3O/c1-11-4-3-7-18(9-11)15-13-6-5-12(19-2)8-14(13)16-10-17-15/h5-6,8,10-11H,3-4,7,9H2,1-2H3. The van der Waals surface area contributed by atoms with Gasteiger partial charge in [0.1, 0.15) is 17.9 Å². The number of rotatable bonds is 2. The molecule has 1 saturated heterocycles. The summed E-state index contributed by atoms with van der Waals surface area (Å²) in [6.45, 7) is 4.47. The van der Waals surface area contributed by atoms with Gasteiger partial charge in [0, 0.05) is 24.5 Å². The molecule has 0 aliphatic carbocycles. The predicted molar refractivity (Wildman–Crippen MR) is 76.7 cm³/mol. The van der Waals surface area contributed by atoms with Crippen molar-refractivity contribution in [2.24, 2.45) is 5.92 Å². The lowest BCUT2D eigenvalue weighted by Crippen LogP contribution is -2.34. The van der Waals surface area contributed by atoms with E-state index < -0.39 is 0 Å². The zero-order valence-corrected chi connectivity index (χ0v) is 11.5. The molecule has 19 heavy (non-hydrogen) atoms. The lowest BCUT2D eigenvalue weighted by Gasteiger charge is -2.32. The average molecular weight is 257 g/mol. The maximum atomic E-state index is 5.25. The van der Waals surface area contributed by atoms with Gasteiger partial charge in [0.2, 0.25) is 0 Å². The van der Waals surface area contributed by atoms with Crippen molar-refractivity contribution in [2.75, 3.05) is 25.1 Å². The molecule has 1 fully saturated rings. The number of hydrogen-bond acceptors (Lipinski definition) is 4. The van der Waals surface area contributed by atoms with Crippen molar-refractivity contribution in [1.29, 1.82) is 0 Å². The molecular formula is C15H19N3O. The van der Waals surface area contributed by atoms with Gasteiger partial charge < -0.3 is 9.64 Å². The summed E-state index contributed by atoms with van der Waals surface area (Å²) >= 11 is 0. The maximum absolute atomic E-state index is 5.25. The molecule has 2 aromatic rings. The fourth-order valence-electron chi connectivity index (χ4n) is 2.78. The number of nitrogens with zero attached hydrogens (tertiary/aromatic N) is 3. The van der Waals surface area contributed by atoms with E-state index in [-0.39, 0.29) is 0 Å². The molecule has 4 nitrogen and oxygen atoms in total. The molecule has 1 atom stereocenters. The van der Waals surface area contributed by atoms with Crippen LogP contribution in [-0.4, -0.2) is 30.2 Å². The van der Waals surface area contributed by atoms with E-state index in [0.717, 1.165) is 41.5 Å². The Morgan fingerprint density at radius 1 is 1.32 bits per heavy atom. The van der Waals surface area contributed by atoms with Crippen LogP contribution in [0.25, 0.3) is 10.9 Å². The van der Waals surface area contributed by atoms with E-state index in [4.69, 9.17) is 4.74 Å². The summed E-state index contributed by atoms with van der Waals surface area (Å²) in [5.74, 6) is 2.63. The van der Waals surface area contributed by atoms with Gasteiger partial charge in [0.25, 0.3) is 0 Å². The Hall–Kier alpha value is -1.84. The second kappa shape index (κ2) is 5.03. The fraction of sp³-hybridized carbons (Fsp3) is 0.467. The molecular weight excluding hydrogens is 238 g/mol. The van der Waals surface area contributed by atoms with Gasteiger partial charge in [-0.15, -0.1) is 0 Å². The van der Waals surface area contributed by atoms with Crippen LogP contribution in [0.15, 0.2) is 24.5 Å². The molecule has 0 saturated carbocycles. The van der Waals surface area contributed by atoms with E-state index in [1.807, 2.05) is 12.1 Å². The van der Waals surface area contributed by atoms with E-state index >= 15 is 0 Å². The molecule has 0 spiro atoms. The van der Waals surface area contributed by atoms with E-state index in [0.29, 0.717) is 0 Å². The number of fused-ring (bicyclic) bond motifs is 1. The molecule has 3 rings (SSSR count). The summed E-state index contributed by atoms with van der Waals surface area (Å²) in [7, 11) is 1.68. The summed E-state index contributed by atoms with van der Waals surface area (Å²) in [6.07, 6.45) is 4.20. The number of hydrogen-bond donors (Lipinski definition) is 0. The van der Waals surface area contributed by atoms with E-state index in [1.54, 1.807) is 13.4 Å². The first-order valence-electron chi connectivity index (χ1n) is 6.81. The Morgan fingerprint density at radius 2 is 2.21 bits per heavy atom. The number of methoxy groups -OCH3 is 1. The van der Waals surface area contributed by atoms with Gasteiger partial charge in [-0.25, -0.2) is 9.97 Å². The highest BCUT2D eigenvalue weighted by atomic mass is 16.5. The van der Waals surface area contributed by atoms with Crippen molar-refractivity contribution >= 4 is 16.7 Å². The monoisotopic (exact) mass is 257 g/mol. The molecule has 0 bridgehead atoms. The molecule has 4 heteroatoms. The van der Waals surface area contributed by atoms with Gasteiger partial charge in [-0.05, 0) is 30.9 Å². The molecule has 0 N–H and O–H groups in total. The summed E-state index contributed by atoms with van der Waals surface area (Å²) in [6, 6.07) is 6.00. The molecule has 1 aromatic heterocycles. The number of ether oxygens (including phenoxy) is 1. The smallest absolute Gasteiger partial charge is 0.139 e. The van der Waals surface area contributed by atoms with Crippen LogP contribution in [0.2, 0.25) is 0 Å². The number of piperidine rings is 1. The summed E-state index contributed by atoms with van der Waals surface area (Å²) in [5, 5.41) is 1.11. The topological polar surface area (TPSA) is 38.2 Å². The maximum Gasteiger partial charge on any atom is 0.139 e. The van der Waals surface area contributed by atoms with Crippen LogP contribution in [0.5, 0.6) is 5.75 Å². The highest BCUT2D eigenvalue weighted by molar-refractivity contribution is 5.90. The summed E-state index contributed by atoms with van der Waals surface area (Å²) in [4.78, 5) is 11.2. The van der Waals surface area contributed by atoms with Crippen LogP contribution in [-0.2, 0) is 0 Å². The molecule has 1 aliphatic heterocycles. The quantitative estimate of drug-likeness (QED) is 0.829. The zero-order chi connectivity index (χ0) is 13.2. The van der Waals surface area contributed by atoms with E-state index in [1.165, 1.54) is 12.8 Å². The first-order chi connectivity index (χ1) is 9.28. The van der Waals surface area contributed by atoms with Crippen LogP contribution < -0.4 is 9.64 Å². The largest absolute Gasteiger partial charge is 0.497 e. The second-order valence-electron chi connectivity index (χ2n) is 5.27. The minimum atomic E-state index is 0.733. The van der Waals surface area contributed by atoms with Crippen LogP contribution in [0.1, 0.15) is 19.8 Å². The van der Waals surface area contributed by atoms with Crippen LogP contribution in [0.3, 0.4) is 0 Å². The molecule has 0 amide bonds. The molecule has 2 heterocycles. The molecule has 100 valence electrons. The van der Waals surface area contributed by atoms with Gasteiger partial charge in [-0.2, -0.15) is 0 Å². The minimum absolute atomic E-state index is 0.733. The Labute approximate surface area is 113 Å². The molecule has 0 radical (unpaired) electrons. The lowest BCUT2D eigenvalue weighted by molar-refractivity contribution is 0.415. The second-order valence-corrected chi connectivity index (χ2v) is 5.27. The highest BCUT2D eigenvalue weighted by Crippen LogP contribution is 2.29. The van der Waals surface area contributed by atoms with E-state index in [2.05, 4.69) is 27.9 Å². The third-order valence-electron chi connectivity index (χ3n) is 3.78. The van der Waals surface area contributed by atoms with Crippen molar-refractivity contribution in [1.82, 2.24) is 9.97 Å². The molecule has 1 aliphatic rings. The zero-order valence-electron chi connectivity index (χ0n) is 11.5. The van der Waals surface area contributed by atoms with Crippen molar-refractivity contribution in [2.45, 2.75) is 19.8 Å². The van der Waals surface area contributed by atoms with Crippen LogP contribution >= 0.6 is 0 Å². The first kappa shape index (κ1) is 12.2. The predicted octanol–water partition coefficient (Wildman–Crippen LogP) is 2.87. The minimum Gasteiger partial charge on any atom is -0.497 e. The van der Waals surface area contributed by atoms with E-state index in [9.17, 15) is 0 Å². The number of benzene rings is 1. The van der Waals surface area contributed by atoms with Crippen molar-refractivity contribution in [3.8, 4) is 5.75 Å². The fourth-order valence-corrected chi connectivity index (χ4v) is 2.78.